The molecular formula is C14H26Cl2N4O. The van der Waals surface area contributed by atoms with Crippen molar-refractivity contribution in [2.24, 2.45) is 0 Å². The molecule has 0 radical (unpaired) electrons. The summed E-state index contributed by atoms with van der Waals surface area (Å²) in [6.07, 6.45) is 7.69. The number of carbonyl (C=O) groups excluding carboxylic acids is 1. The lowest BCUT2D eigenvalue weighted by atomic mass is 10.1. The Balaban J connectivity index is 0.00000200. The summed E-state index contributed by atoms with van der Waals surface area (Å²) in [5.74, 6) is 0.281. The predicted octanol–water partition coefficient (Wildman–Crippen LogP) is 2.20. The van der Waals surface area contributed by atoms with Gasteiger partial charge < -0.3 is 10.2 Å². The van der Waals surface area contributed by atoms with Crippen molar-refractivity contribution in [2.45, 2.75) is 38.6 Å². The number of carbonyl (C=O) groups is 1. The highest BCUT2D eigenvalue weighted by atomic mass is 35.5. The van der Waals surface area contributed by atoms with Gasteiger partial charge in [0.15, 0.2) is 0 Å². The van der Waals surface area contributed by atoms with Gasteiger partial charge in [0, 0.05) is 25.7 Å². The molecule has 1 saturated heterocycles. The van der Waals surface area contributed by atoms with Crippen molar-refractivity contribution in [3.63, 3.8) is 0 Å². The van der Waals surface area contributed by atoms with Crippen molar-refractivity contribution in [1.29, 1.82) is 0 Å². The molecule has 1 aliphatic heterocycles. The smallest absolute Gasteiger partial charge is 0.222 e. The molecule has 0 spiro atoms. The van der Waals surface area contributed by atoms with E-state index in [9.17, 15) is 4.79 Å². The Kier molecular flexibility index (Phi) is 9.66. The molecular weight excluding hydrogens is 311 g/mol. The molecule has 1 fully saturated rings. The van der Waals surface area contributed by atoms with Crippen molar-refractivity contribution in [2.75, 3.05) is 26.7 Å². The van der Waals surface area contributed by atoms with E-state index in [2.05, 4.69) is 16.6 Å². The quantitative estimate of drug-likeness (QED) is 0.838. The molecule has 1 amide bonds. The van der Waals surface area contributed by atoms with Crippen molar-refractivity contribution >= 4 is 30.7 Å². The van der Waals surface area contributed by atoms with Gasteiger partial charge in [-0.3, -0.25) is 9.48 Å². The Morgan fingerprint density at radius 2 is 2.24 bits per heavy atom. The average Bonchev–Trinajstić information content (AvgIpc) is 2.86. The first kappa shape index (κ1) is 20.2. The second kappa shape index (κ2) is 10.0. The second-order valence-corrected chi connectivity index (χ2v) is 5.34. The van der Waals surface area contributed by atoms with Crippen LogP contribution in [0.3, 0.4) is 0 Å². The number of aryl methyl sites for hydroxylation is 1. The maximum atomic E-state index is 12.1. The van der Waals surface area contributed by atoms with E-state index in [4.69, 9.17) is 0 Å². The molecule has 7 heteroatoms. The van der Waals surface area contributed by atoms with Crippen LogP contribution in [0.2, 0.25) is 0 Å². The van der Waals surface area contributed by atoms with Gasteiger partial charge in [-0.15, -0.1) is 24.8 Å². The van der Waals surface area contributed by atoms with E-state index < -0.39 is 0 Å². The second-order valence-electron chi connectivity index (χ2n) is 5.34. The van der Waals surface area contributed by atoms with Crippen LogP contribution in [0.1, 0.15) is 37.3 Å². The summed E-state index contributed by atoms with van der Waals surface area (Å²) >= 11 is 0. The SMILES string of the molecule is CNCCCC(=O)N1CCCC(n2cc(C)cn2)C1.Cl.Cl. The molecule has 0 bridgehead atoms. The number of nitrogens with one attached hydrogen (secondary N) is 1. The number of hydrogen-bond acceptors (Lipinski definition) is 3. The van der Waals surface area contributed by atoms with Crippen LogP contribution in [0.25, 0.3) is 0 Å². The molecule has 21 heavy (non-hydrogen) atoms. The van der Waals surface area contributed by atoms with Gasteiger partial charge in [-0.1, -0.05) is 0 Å². The van der Waals surface area contributed by atoms with Gasteiger partial charge in [0.05, 0.1) is 12.2 Å². The fourth-order valence-electron chi connectivity index (χ4n) is 2.60. The third kappa shape index (κ3) is 5.85. The molecule has 0 aromatic carbocycles. The van der Waals surface area contributed by atoms with Crippen molar-refractivity contribution in [3.05, 3.63) is 18.0 Å². The largest absolute Gasteiger partial charge is 0.341 e. The highest BCUT2D eigenvalue weighted by Gasteiger charge is 2.24. The van der Waals surface area contributed by atoms with Crippen LogP contribution in [-0.4, -0.2) is 47.3 Å². The van der Waals surface area contributed by atoms with E-state index in [1.165, 1.54) is 5.56 Å². The van der Waals surface area contributed by atoms with Gasteiger partial charge >= 0.3 is 0 Å². The van der Waals surface area contributed by atoms with E-state index in [1.807, 2.05) is 29.7 Å². The molecule has 1 aromatic heterocycles. The van der Waals surface area contributed by atoms with E-state index >= 15 is 0 Å². The van der Waals surface area contributed by atoms with Gasteiger partial charge in [0.1, 0.15) is 0 Å². The van der Waals surface area contributed by atoms with Gasteiger partial charge in [-0.2, -0.15) is 5.10 Å². The zero-order valence-electron chi connectivity index (χ0n) is 12.7. The van der Waals surface area contributed by atoms with Crippen LogP contribution in [0.4, 0.5) is 0 Å². The Morgan fingerprint density at radius 3 is 2.86 bits per heavy atom. The Bertz CT molecular complexity index is 425. The van der Waals surface area contributed by atoms with Gasteiger partial charge in [-0.05, 0) is 45.3 Å². The van der Waals surface area contributed by atoms with E-state index in [0.29, 0.717) is 12.5 Å². The highest BCUT2D eigenvalue weighted by molar-refractivity contribution is 5.85. The first-order valence-corrected chi connectivity index (χ1v) is 7.14. The maximum Gasteiger partial charge on any atom is 0.222 e. The molecule has 1 N–H and O–H groups in total. The zero-order chi connectivity index (χ0) is 13.7. The normalized spacial score (nSPS) is 17.8. The Hall–Kier alpha value is -0.780. The third-order valence-electron chi connectivity index (χ3n) is 3.67. The van der Waals surface area contributed by atoms with Crippen molar-refractivity contribution in [3.8, 4) is 0 Å². The number of halogens is 2. The topological polar surface area (TPSA) is 50.2 Å². The van der Waals surface area contributed by atoms with Gasteiger partial charge in [0.25, 0.3) is 0 Å². The van der Waals surface area contributed by atoms with E-state index in [-0.39, 0.29) is 30.7 Å². The highest BCUT2D eigenvalue weighted by Crippen LogP contribution is 2.21. The predicted molar refractivity (Wildman–Crippen MR) is 89.5 cm³/mol. The summed E-state index contributed by atoms with van der Waals surface area (Å²) in [6, 6.07) is 0.343. The first-order chi connectivity index (χ1) is 9.20. The minimum atomic E-state index is 0. The van der Waals surface area contributed by atoms with Gasteiger partial charge in [-0.25, -0.2) is 0 Å². The molecule has 122 valence electrons. The molecule has 5 nitrogen and oxygen atoms in total. The third-order valence-corrected chi connectivity index (χ3v) is 3.67. The average molecular weight is 337 g/mol. The molecule has 1 aromatic rings. The van der Waals surface area contributed by atoms with Crippen LogP contribution in [0.15, 0.2) is 12.4 Å². The molecule has 0 saturated carbocycles. The van der Waals surface area contributed by atoms with Crippen LogP contribution < -0.4 is 5.32 Å². The fraction of sp³-hybridized carbons (Fsp3) is 0.714. The van der Waals surface area contributed by atoms with Crippen LogP contribution in [0, 0.1) is 6.92 Å². The molecule has 1 aliphatic rings. The van der Waals surface area contributed by atoms with E-state index in [0.717, 1.165) is 38.9 Å². The number of piperidine rings is 1. The summed E-state index contributed by atoms with van der Waals surface area (Å²) in [6.45, 7) is 4.66. The minimum Gasteiger partial charge on any atom is -0.341 e. The van der Waals surface area contributed by atoms with Crippen LogP contribution in [-0.2, 0) is 4.79 Å². The minimum absolute atomic E-state index is 0. The number of amides is 1. The summed E-state index contributed by atoms with van der Waals surface area (Å²) in [4.78, 5) is 14.1. The molecule has 1 atom stereocenters. The number of aromatic nitrogens is 2. The Morgan fingerprint density at radius 1 is 1.48 bits per heavy atom. The number of likely N-dealkylation sites (tertiary alicyclic amines) is 1. The summed E-state index contributed by atoms with van der Waals surface area (Å²) in [5, 5.41) is 7.46. The lowest BCUT2D eigenvalue weighted by Gasteiger charge is -2.33. The molecule has 0 aliphatic carbocycles. The lowest BCUT2D eigenvalue weighted by Crippen LogP contribution is -2.40. The first-order valence-electron chi connectivity index (χ1n) is 7.14. The lowest BCUT2D eigenvalue weighted by molar-refractivity contribution is -0.133. The van der Waals surface area contributed by atoms with Crippen molar-refractivity contribution < 1.29 is 4.79 Å². The maximum absolute atomic E-state index is 12.1. The standard InChI is InChI=1S/C14H24N4O.2ClH/c1-12-9-16-18(10-12)13-5-4-8-17(11-13)14(19)6-3-7-15-2;;/h9-10,13,15H,3-8,11H2,1-2H3;2*1H. The van der Waals surface area contributed by atoms with Gasteiger partial charge in [0.2, 0.25) is 5.91 Å². The van der Waals surface area contributed by atoms with E-state index in [1.54, 1.807) is 0 Å². The summed E-state index contributed by atoms with van der Waals surface area (Å²) < 4.78 is 2.02. The zero-order valence-corrected chi connectivity index (χ0v) is 14.4. The number of hydrogen-bond donors (Lipinski definition) is 1. The molecule has 2 heterocycles. The fourth-order valence-corrected chi connectivity index (χ4v) is 2.60. The molecule has 2 rings (SSSR count). The monoisotopic (exact) mass is 336 g/mol. The summed E-state index contributed by atoms with van der Waals surface area (Å²) in [5.41, 5.74) is 1.18. The Labute approximate surface area is 139 Å². The summed E-state index contributed by atoms with van der Waals surface area (Å²) in [7, 11) is 1.92. The molecule has 1 unspecified atom stereocenters. The number of rotatable bonds is 5. The van der Waals surface area contributed by atoms with Crippen LogP contribution >= 0.6 is 24.8 Å². The van der Waals surface area contributed by atoms with Crippen LogP contribution in [0.5, 0.6) is 0 Å². The van der Waals surface area contributed by atoms with Crippen molar-refractivity contribution in [1.82, 2.24) is 20.0 Å². The number of nitrogens with zero attached hydrogens (tertiary/aromatic N) is 3.